The van der Waals surface area contributed by atoms with Gasteiger partial charge in [-0.2, -0.15) is 0 Å². The molecule has 3 rings (SSSR count). The van der Waals surface area contributed by atoms with Gasteiger partial charge in [-0.25, -0.2) is 0 Å². The summed E-state index contributed by atoms with van der Waals surface area (Å²) in [5.41, 5.74) is 1.86. The summed E-state index contributed by atoms with van der Waals surface area (Å²) in [6, 6.07) is 1.23. The zero-order valence-electron chi connectivity index (χ0n) is 14.4. The van der Waals surface area contributed by atoms with E-state index in [0.717, 1.165) is 43.4 Å². The van der Waals surface area contributed by atoms with Gasteiger partial charge in [0.05, 0.1) is 0 Å². The van der Waals surface area contributed by atoms with Crippen LogP contribution in [0.4, 0.5) is 0 Å². The Kier molecular flexibility index (Phi) is 4.73. The van der Waals surface area contributed by atoms with E-state index in [1.807, 2.05) is 13.8 Å². The maximum absolute atomic E-state index is 13.0. The minimum Gasteiger partial charge on any atom is -0.353 e. The number of H-pyrrole nitrogens is 1. The average molecular weight is 331 g/mol. The molecule has 130 valence electrons. The van der Waals surface area contributed by atoms with Crippen molar-refractivity contribution in [3.05, 3.63) is 33.2 Å². The van der Waals surface area contributed by atoms with Gasteiger partial charge >= 0.3 is 0 Å². The van der Waals surface area contributed by atoms with Crippen LogP contribution in [0.15, 0.2) is 10.9 Å². The van der Waals surface area contributed by atoms with Gasteiger partial charge in [0, 0.05) is 18.8 Å². The van der Waals surface area contributed by atoms with Gasteiger partial charge in [0.15, 0.2) is 0 Å². The Bertz CT molecular complexity index is 708. The van der Waals surface area contributed by atoms with Crippen LogP contribution in [0.25, 0.3) is 0 Å². The van der Waals surface area contributed by atoms with Crippen LogP contribution in [-0.4, -0.2) is 40.8 Å². The van der Waals surface area contributed by atoms with Crippen molar-refractivity contribution < 1.29 is 9.59 Å². The highest BCUT2D eigenvalue weighted by molar-refractivity contribution is 5.98. The van der Waals surface area contributed by atoms with Crippen LogP contribution in [0.5, 0.6) is 0 Å². The molecule has 0 bridgehead atoms. The highest BCUT2D eigenvalue weighted by Crippen LogP contribution is 2.21. The number of nitrogens with one attached hydrogen (secondary N) is 2. The number of nitrogens with zero attached hydrogens (tertiary/aromatic N) is 1. The first kappa shape index (κ1) is 16.7. The van der Waals surface area contributed by atoms with E-state index in [-0.39, 0.29) is 28.9 Å². The highest BCUT2D eigenvalue weighted by Gasteiger charge is 2.36. The molecule has 0 aromatic carbocycles. The predicted octanol–water partition coefficient (Wildman–Crippen LogP) is 1.24. The van der Waals surface area contributed by atoms with Gasteiger partial charge < -0.3 is 15.2 Å². The standard InChI is InChI=1S/C18H25N3O3/c1-11(2)15-17(23)19-8-9-21(15)18(24)13-10-12-6-4-3-5-7-14(12)20-16(13)22/h10-11,15H,3-9H2,1-2H3,(H,19,23)(H,20,22)/t15-/m0/s1. The molecule has 1 aliphatic carbocycles. The Morgan fingerprint density at radius 3 is 2.71 bits per heavy atom. The summed E-state index contributed by atoms with van der Waals surface area (Å²) in [6.07, 6.45) is 5.04. The topological polar surface area (TPSA) is 82.3 Å². The third kappa shape index (κ3) is 3.09. The number of pyridine rings is 1. The fraction of sp³-hybridized carbons (Fsp3) is 0.611. The smallest absolute Gasteiger partial charge is 0.261 e. The second-order valence-electron chi connectivity index (χ2n) is 7.06. The summed E-state index contributed by atoms with van der Waals surface area (Å²) in [7, 11) is 0. The molecule has 6 nitrogen and oxygen atoms in total. The molecule has 1 aromatic heterocycles. The number of carbonyl (C=O) groups excluding carboxylic acids is 2. The van der Waals surface area contributed by atoms with Crippen molar-refractivity contribution in [3.63, 3.8) is 0 Å². The SMILES string of the molecule is CC(C)[C@H]1C(=O)NCCN1C(=O)c1cc2c([nH]c1=O)CCCCC2. The second kappa shape index (κ2) is 6.79. The van der Waals surface area contributed by atoms with Crippen LogP contribution < -0.4 is 10.9 Å². The van der Waals surface area contributed by atoms with Crippen LogP contribution in [0, 0.1) is 5.92 Å². The van der Waals surface area contributed by atoms with Crippen molar-refractivity contribution in [2.75, 3.05) is 13.1 Å². The van der Waals surface area contributed by atoms with Crippen LogP contribution >= 0.6 is 0 Å². The molecule has 0 radical (unpaired) electrons. The highest BCUT2D eigenvalue weighted by atomic mass is 16.2. The predicted molar refractivity (Wildman–Crippen MR) is 91.0 cm³/mol. The van der Waals surface area contributed by atoms with E-state index in [4.69, 9.17) is 0 Å². The minimum atomic E-state index is -0.524. The average Bonchev–Trinajstić information content (AvgIpc) is 2.77. The Morgan fingerprint density at radius 2 is 1.96 bits per heavy atom. The lowest BCUT2D eigenvalue weighted by Gasteiger charge is -2.37. The summed E-state index contributed by atoms with van der Waals surface area (Å²) >= 11 is 0. The molecule has 0 saturated carbocycles. The first-order chi connectivity index (χ1) is 11.5. The molecular formula is C18H25N3O3. The second-order valence-corrected chi connectivity index (χ2v) is 7.06. The van der Waals surface area contributed by atoms with E-state index in [1.165, 1.54) is 0 Å². The molecule has 0 unspecified atom stereocenters. The van der Waals surface area contributed by atoms with Crippen molar-refractivity contribution in [1.29, 1.82) is 0 Å². The fourth-order valence-corrected chi connectivity index (χ4v) is 3.74. The molecule has 1 aromatic rings. The molecule has 2 amide bonds. The first-order valence-corrected chi connectivity index (χ1v) is 8.83. The third-order valence-corrected chi connectivity index (χ3v) is 4.97. The monoisotopic (exact) mass is 331 g/mol. The maximum Gasteiger partial charge on any atom is 0.261 e. The summed E-state index contributed by atoms with van der Waals surface area (Å²) in [5, 5.41) is 2.80. The van der Waals surface area contributed by atoms with E-state index in [9.17, 15) is 14.4 Å². The normalized spacial score (nSPS) is 21.2. The van der Waals surface area contributed by atoms with Crippen LogP contribution in [0.3, 0.4) is 0 Å². The van der Waals surface area contributed by atoms with Crippen LogP contribution in [0.2, 0.25) is 0 Å². The number of aryl methyl sites for hydroxylation is 2. The number of aromatic amines is 1. The number of piperazine rings is 1. The zero-order chi connectivity index (χ0) is 17.3. The molecular weight excluding hydrogens is 306 g/mol. The molecule has 2 heterocycles. The third-order valence-electron chi connectivity index (χ3n) is 4.97. The van der Waals surface area contributed by atoms with Crippen LogP contribution in [-0.2, 0) is 17.6 Å². The molecule has 2 N–H and O–H groups in total. The molecule has 1 aliphatic heterocycles. The van der Waals surface area contributed by atoms with E-state index in [0.29, 0.717) is 13.1 Å². The lowest BCUT2D eigenvalue weighted by Crippen LogP contribution is -2.59. The number of hydrogen-bond acceptors (Lipinski definition) is 3. The van der Waals surface area contributed by atoms with Crippen molar-refractivity contribution in [3.8, 4) is 0 Å². The van der Waals surface area contributed by atoms with E-state index in [2.05, 4.69) is 10.3 Å². The van der Waals surface area contributed by atoms with E-state index in [1.54, 1.807) is 11.0 Å². The maximum atomic E-state index is 13.0. The first-order valence-electron chi connectivity index (χ1n) is 8.83. The van der Waals surface area contributed by atoms with Gasteiger partial charge in [0.1, 0.15) is 11.6 Å². The summed E-state index contributed by atoms with van der Waals surface area (Å²) in [4.78, 5) is 42.0. The Labute approximate surface area is 141 Å². The van der Waals surface area contributed by atoms with Crippen molar-refractivity contribution in [1.82, 2.24) is 15.2 Å². The lowest BCUT2D eigenvalue weighted by molar-refractivity contribution is -0.129. The number of carbonyl (C=O) groups is 2. The number of hydrogen-bond donors (Lipinski definition) is 2. The zero-order valence-corrected chi connectivity index (χ0v) is 14.4. The number of fused-ring (bicyclic) bond motifs is 1. The molecule has 1 fully saturated rings. The van der Waals surface area contributed by atoms with E-state index >= 15 is 0 Å². The molecule has 6 heteroatoms. The fourth-order valence-electron chi connectivity index (χ4n) is 3.74. The van der Waals surface area contributed by atoms with Crippen LogP contribution in [0.1, 0.15) is 54.7 Å². The van der Waals surface area contributed by atoms with Gasteiger partial charge in [-0.15, -0.1) is 0 Å². The number of aromatic nitrogens is 1. The Morgan fingerprint density at radius 1 is 1.21 bits per heavy atom. The Hall–Kier alpha value is -2.11. The number of amides is 2. The lowest BCUT2D eigenvalue weighted by atomic mass is 9.98. The van der Waals surface area contributed by atoms with Crippen molar-refractivity contribution in [2.24, 2.45) is 5.92 Å². The van der Waals surface area contributed by atoms with Gasteiger partial charge in [0.2, 0.25) is 5.91 Å². The number of rotatable bonds is 2. The molecule has 2 aliphatic rings. The summed E-state index contributed by atoms with van der Waals surface area (Å²) in [6.45, 7) is 4.69. The van der Waals surface area contributed by atoms with Crippen molar-refractivity contribution in [2.45, 2.75) is 52.0 Å². The van der Waals surface area contributed by atoms with Gasteiger partial charge in [-0.3, -0.25) is 14.4 Å². The minimum absolute atomic E-state index is 0.00541. The molecule has 1 atom stereocenters. The van der Waals surface area contributed by atoms with Gasteiger partial charge in [-0.05, 0) is 43.2 Å². The Balaban J connectivity index is 1.96. The van der Waals surface area contributed by atoms with Gasteiger partial charge in [0.25, 0.3) is 11.5 Å². The largest absolute Gasteiger partial charge is 0.353 e. The molecule has 0 spiro atoms. The molecule has 1 saturated heterocycles. The van der Waals surface area contributed by atoms with Gasteiger partial charge in [-0.1, -0.05) is 20.3 Å². The summed E-state index contributed by atoms with van der Waals surface area (Å²) in [5.74, 6) is -0.484. The van der Waals surface area contributed by atoms with Crippen molar-refractivity contribution >= 4 is 11.8 Å². The quantitative estimate of drug-likeness (QED) is 0.800. The van der Waals surface area contributed by atoms with E-state index < -0.39 is 6.04 Å². The summed E-state index contributed by atoms with van der Waals surface area (Å²) < 4.78 is 0. The molecule has 24 heavy (non-hydrogen) atoms.